The van der Waals surface area contributed by atoms with Gasteiger partial charge in [-0.05, 0) is 70.6 Å². The first kappa shape index (κ1) is 53.0. The number of nitrogens with zero attached hydrogens (tertiary/aromatic N) is 1. The van der Waals surface area contributed by atoms with Gasteiger partial charge in [-0.15, -0.1) is 0 Å². The predicted octanol–water partition coefficient (Wildman–Crippen LogP) is 11.7. The smallest absolute Gasteiger partial charge is 0.306 e. The fourth-order valence-electron chi connectivity index (χ4n) is 5.58. The number of allylic oxidation sites excluding steroid dienone is 8. The van der Waals surface area contributed by atoms with E-state index in [9.17, 15) is 19.0 Å². The SMILES string of the molecule is CCCC/C=C\C/C=C\CCCCCCCC(=O)OCC(COP(=O)([O-])OCC[N+](C)(C)C)OC(=O)CCCCCCCCC/C=C\C/C=C\CCCCC. The quantitative estimate of drug-likeness (QED) is 0.0199. The van der Waals surface area contributed by atoms with E-state index in [2.05, 4.69) is 62.5 Å². The number of quaternary nitrogens is 1. The summed E-state index contributed by atoms with van der Waals surface area (Å²) in [5.74, 6) is -0.862. The van der Waals surface area contributed by atoms with Crippen LogP contribution < -0.4 is 4.89 Å². The molecular formula is C45H82NO8P. The number of hydrogen-bond acceptors (Lipinski definition) is 8. The highest BCUT2D eigenvalue weighted by Gasteiger charge is 2.21. The first-order chi connectivity index (χ1) is 26.5. The first-order valence-electron chi connectivity index (χ1n) is 21.8. The number of phosphoric acid groups is 1. The van der Waals surface area contributed by atoms with Gasteiger partial charge < -0.3 is 27.9 Å². The van der Waals surface area contributed by atoms with Crippen LogP contribution in [0.5, 0.6) is 0 Å². The molecule has 2 unspecified atom stereocenters. The third-order valence-corrected chi connectivity index (χ3v) is 10.0. The van der Waals surface area contributed by atoms with Crippen LogP contribution in [0.25, 0.3) is 0 Å². The van der Waals surface area contributed by atoms with Gasteiger partial charge in [-0.2, -0.15) is 0 Å². The second-order valence-corrected chi connectivity index (χ2v) is 17.1. The summed E-state index contributed by atoms with van der Waals surface area (Å²) in [6.45, 7) is 4.13. The Morgan fingerprint density at radius 2 is 1.00 bits per heavy atom. The van der Waals surface area contributed by atoms with Crippen molar-refractivity contribution in [1.82, 2.24) is 0 Å². The predicted molar refractivity (Wildman–Crippen MR) is 227 cm³/mol. The van der Waals surface area contributed by atoms with Gasteiger partial charge in [0.2, 0.25) is 0 Å². The van der Waals surface area contributed by atoms with Crippen LogP contribution in [-0.2, 0) is 32.7 Å². The Morgan fingerprint density at radius 3 is 1.49 bits per heavy atom. The van der Waals surface area contributed by atoms with Crippen LogP contribution in [0.1, 0.15) is 174 Å². The van der Waals surface area contributed by atoms with E-state index in [4.69, 9.17) is 18.5 Å². The number of carbonyl (C=O) groups is 2. The number of rotatable bonds is 39. The maximum atomic E-state index is 12.7. The van der Waals surface area contributed by atoms with Crippen molar-refractivity contribution < 1.29 is 42.1 Å². The largest absolute Gasteiger partial charge is 0.756 e. The lowest BCUT2D eigenvalue weighted by molar-refractivity contribution is -0.870. The molecule has 0 radical (unpaired) electrons. The van der Waals surface area contributed by atoms with Crippen LogP contribution in [0.4, 0.5) is 0 Å². The molecule has 0 saturated carbocycles. The average Bonchev–Trinajstić information content (AvgIpc) is 3.13. The summed E-state index contributed by atoms with van der Waals surface area (Å²) in [4.78, 5) is 37.5. The summed E-state index contributed by atoms with van der Waals surface area (Å²) in [6, 6.07) is 0. The highest BCUT2D eigenvalue weighted by Crippen LogP contribution is 2.38. The Labute approximate surface area is 337 Å². The van der Waals surface area contributed by atoms with Crippen LogP contribution >= 0.6 is 7.82 Å². The zero-order valence-electron chi connectivity index (χ0n) is 35.9. The standard InChI is InChI=1S/C45H82NO8P/c1-6-8-10-12-14-16-18-20-22-23-24-26-28-30-32-34-36-38-45(48)54-43(42-53-55(49,50)52-40-39-46(3,4)5)41-51-44(47)37-35-33-31-29-27-25-21-19-17-15-13-11-9-7-2/h13-16,19-22,43H,6-12,17-18,23-42H2,1-5H3/b15-13-,16-14-,21-19-,22-20-. The molecule has 0 aliphatic rings. The molecule has 0 aromatic rings. The Balaban J connectivity index is 4.40. The van der Waals surface area contributed by atoms with Gasteiger partial charge in [0.15, 0.2) is 6.10 Å². The Kier molecular flexibility index (Phi) is 36.2. The fourth-order valence-corrected chi connectivity index (χ4v) is 6.31. The zero-order chi connectivity index (χ0) is 40.7. The highest BCUT2D eigenvalue weighted by atomic mass is 31.2. The highest BCUT2D eigenvalue weighted by molar-refractivity contribution is 7.45. The van der Waals surface area contributed by atoms with Crippen LogP contribution in [0.15, 0.2) is 48.6 Å². The van der Waals surface area contributed by atoms with Gasteiger partial charge in [-0.3, -0.25) is 14.2 Å². The van der Waals surface area contributed by atoms with E-state index in [1.165, 1.54) is 57.8 Å². The van der Waals surface area contributed by atoms with Gasteiger partial charge in [0.05, 0.1) is 27.7 Å². The summed E-state index contributed by atoms with van der Waals surface area (Å²) in [7, 11) is 1.15. The fraction of sp³-hybridized carbons (Fsp3) is 0.778. The second-order valence-electron chi connectivity index (χ2n) is 15.7. The number of esters is 2. The molecular weight excluding hydrogens is 713 g/mol. The normalized spacial score (nSPS) is 14.1. The van der Waals surface area contributed by atoms with Crippen LogP contribution in [0, 0.1) is 0 Å². The minimum Gasteiger partial charge on any atom is -0.756 e. The topological polar surface area (TPSA) is 111 Å². The number of likely N-dealkylation sites (N-methyl/N-ethyl adjacent to an activating group) is 1. The molecule has 0 aliphatic heterocycles. The lowest BCUT2D eigenvalue weighted by Gasteiger charge is -2.28. The van der Waals surface area contributed by atoms with E-state index in [1.54, 1.807) is 0 Å². The van der Waals surface area contributed by atoms with Crippen molar-refractivity contribution >= 4 is 19.8 Å². The van der Waals surface area contributed by atoms with E-state index in [0.29, 0.717) is 23.9 Å². The molecule has 0 saturated heterocycles. The molecule has 2 atom stereocenters. The van der Waals surface area contributed by atoms with Gasteiger partial charge in [-0.1, -0.05) is 140 Å². The van der Waals surface area contributed by atoms with Crippen LogP contribution in [-0.4, -0.2) is 70.0 Å². The molecule has 0 spiro atoms. The molecule has 0 rings (SSSR count). The zero-order valence-corrected chi connectivity index (χ0v) is 36.8. The molecule has 0 aromatic carbocycles. The second kappa shape index (κ2) is 37.5. The van der Waals surface area contributed by atoms with E-state index >= 15 is 0 Å². The Hall–Kier alpha value is -2.03. The number of unbranched alkanes of at least 4 members (excludes halogenated alkanes) is 17. The molecule has 320 valence electrons. The summed E-state index contributed by atoms with van der Waals surface area (Å²) in [6.07, 6.45) is 42.7. The van der Waals surface area contributed by atoms with Crippen molar-refractivity contribution in [3.63, 3.8) is 0 Å². The minimum absolute atomic E-state index is 0.0363. The molecule has 0 bridgehead atoms. The van der Waals surface area contributed by atoms with E-state index in [1.807, 2.05) is 21.1 Å². The number of hydrogen-bond donors (Lipinski definition) is 0. The third-order valence-electron chi connectivity index (χ3n) is 9.07. The number of carbonyl (C=O) groups excluding carboxylic acids is 2. The lowest BCUT2D eigenvalue weighted by atomic mass is 10.1. The van der Waals surface area contributed by atoms with Crippen LogP contribution in [0.2, 0.25) is 0 Å². The molecule has 9 nitrogen and oxygen atoms in total. The van der Waals surface area contributed by atoms with Crippen molar-refractivity contribution in [2.45, 2.75) is 180 Å². The van der Waals surface area contributed by atoms with E-state index in [0.717, 1.165) is 77.0 Å². The maximum absolute atomic E-state index is 12.7. The molecule has 0 fully saturated rings. The molecule has 0 aromatic heterocycles. The first-order valence-corrected chi connectivity index (χ1v) is 23.3. The lowest BCUT2D eigenvalue weighted by Crippen LogP contribution is -2.37. The summed E-state index contributed by atoms with van der Waals surface area (Å²) < 4.78 is 33.9. The van der Waals surface area contributed by atoms with Crippen molar-refractivity contribution in [3.05, 3.63) is 48.6 Å². The molecule has 55 heavy (non-hydrogen) atoms. The van der Waals surface area contributed by atoms with Crippen LogP contribution in [0.3, 0.4) is 0 Å². The van der Waals surface area contributed by atoms with Gasteiger partial charge >= 0.3 is 11.9 Å². The molecule has 0 N–H and O–H groups in total. The van der Waals surface area contributed by atoms with E-state index < -0.39 is 32.5 Å². The van der Waals surface area contributed by atoms with Crippen molar-refractivity contribution in [2.75, 3.05) is 47.5 Å². The van der Waals surface area contributed by atoms with Crippen molar-refractivity contribution in [2.24, 2.45) is 0 Å². The van der Waals surface area contributed by atoms with Gasteiger partial charge in [0.1, 0.15) is 19.8 Å². The number of phosphoric ester groups is 1. The molecule has 10 heteroatoms. The van der Waals surface area contributed by atoms with Crippen molar-refractivity contribution in [1.29, 1.82) is 0 Å². The van der Waals surface area contributed by atoms with Gasteiger partial charge in [-0.25, -0.2) is 0 Å². The van der Waals surface area contributed by atoms with Gasteiger partial charge in [0.25, 0.3) is 7.82 Å². The molecule has 0 amide bonds. The third kappa shape index (κ3) is 41.4. The molecule has 0 aliphatic carbocycles. The molecule has 0 heterocycles. The number of ether oxygens (including phenoxy) is 2. The Bertz CT molecular complexity index is 1080. The summed E-state index contributed by atoms with van der Waals surface area (Å²) >= 11 is 0. The Morgan fingerprint density at radius 1 is 0.564 bits per heavy atom. The summed E-state index contributed by atoms with van der Waals surface area (Å²) in [5, 5.41) is 0. The van der Waals surface area contributed by atoms with E-state index in [-0.39, 0.29) is 26.1 Å². The van der Waals surface area contributed by atoms with Crippen molar-refractivity contribution in [3.8, 4) is 0 Å². The van der Waals surface area contributed by atoms with Gasteiger partial charge in [0, 0.05) is 12.8 Å². The average molecular weight is 796 g/mol. The minimum atomic E-state index is -4.63. The monoisotopic (exact) mass is 796 g/mol. The summed E-state index contributed by atoms with van der Waals surface area (Å²) in [5.41, 5.74) is 0. The maximum Gasteiger partial charge on any atom is 0.306 e.